The summed E-state index contributed by atoms with van der Waals surface area (Å²) in [6.07, 6.45) is -1.84. The van der Waals surface area contributed by atoms with Crippen LogP contribution in [-0.2, 0) is 23.9 Å². The van der Waals surface area contributed by atoms with Crippen LogP contribution in [0, 0.1) is 5.92 Å². The van der Waals surface area contributed by atoms with Crippen LogP contribution in [0.5, 0.6) is 5.75 Å². The lowest BCUT2D eigenvalue weighted by Gasteiger charge is -2.35. The lowest BCUT2D eigenvalue weighted by Crippen LogP contribution is -2.41. The van der Waals surface area contributed by atoms with Crippen molar-refractivity contribution < 1.29 is 22.7 Å². The van der Waals surface area contributed by atoms with Gasteiger partial charge in [-0.15, -0.1) is 0 Å². The number of hydrogen-bond acceptors (Lipinski definition) is 3. The van der Waals surface area contributed by atoms with E-state index in [1.54, 1.807) is 0 Å². The van der Waals surface area contributed by atoms with Crippen LogP contribution in [0.3, 0.4) is 0 Å². The maximum atomic E-state index is 12.7. The summed E-state index contributed by atoms with van der Waals surface area (Å²) in [6, 6.07) is 11.6. The molecule has 2 aliphatic heterocycles. The molecule has 0 saturated carbocycles. The van der Waals surface area contributed by atoms with Crippen LogP contribution < -0.4 is 10.1 Å². The van der Waals surface area contributed by atoms with Gasteiger partial charge in [-0.2, -0.15) is 13.2 Å². The van der Waals surface area contributed by atoms with Crippen LogP contribution in [0.1, 0.15) is 48.1 Å². The van der Waals surface area contributed by atoms with Gasteiger partial charge in [-0.1, -0.05) is 24.3 Å². The minimum atomic E-state index is -4.35. The van der Waals surface area contributed by atoms with Crippen molar-refractivity contribution >= 4 is 5.91 Å². The highest BCUT2D eigenvalue weighted by atomic mass is 19.4. The quantitative estimate of drug-likeness (QED) is 0.743. The van der Waals surface area contributed by atoms with Gasteiger partial charge in [0.2, 0.25) is 5.91 Å². The summed E-state index contributed by atoms with van der Waals surface area (Å²) < 4.78 is 43.6. The molecule has 1 atom stereocenters. The van der Waals surface area contributed by atoms with Crippen molar-refractivity contribution in [2.45, 2.75) is 44.9 Å². The molecule has 0 bridgehead atoms. The number of carbonyl (C=O) groups is 1. The first kappa shape index (κ1) is 21.7. The first-order chi connectivity index (χ1) is 14.8. The SMILES string of the molecule is CC(c1ccc2c(c1)OCC2)N1CCC(C(=O)NCc2ccc(C(F)(F)F)cc2)CC1. The topological polar surface area (TPSA) is 41.6 Å². The molecule has 2 aliphatic rings. The van der Waals surface area contributed by atoms with Crippen molar-refractivity contribution in [2.75, 3.05) is 19.7 Å². The Morgan fingerprint density at radius 1 is 1.16 bits per heavy atom. The molecule has 4 rings (SSSR count). The molecule has 2 heterocycles. The van der Waals surface area contributed by atoms with Crippen molar-refractivity contribution in [2.24, 2.45) is 5.92 Å². The third-order valence-corrected chi connectivity index (χ3v) is 6.40. The molecule has 2 aromatic carbocycles. The van der Waals surface area contributed by atoms with Crippen molar-refractivity contribution in [3.05, 3.63) is 64.7 Å². The Hall–Kier alpha value is -2.54. The number of hydrogen-bond donors (Lipinski definition) is 1. The van der Waals surface area contributed by atoms with E-state index in [0.29, 0.717) is 5.56 Å². The maximum absolute atomic E-state index is 12.7. The molecule has 1 fully saturated rings. The highest BCUT2D eigenvalue weighted by molar-refractivity contribution is 5.78. The largest absolute Gasteiger partial charge is 0.493 e. The second-order valence-electron chi connectivity index (χ2n) is 8.36. The Morgan fingerprint density at radius 2 is 1.87 bits per heavy atom. The lowest BCUT2D eigenvalue weighted by atomic mass is 9.93. The standard InChI is InChI=1S/C24H27F3N2O2/c1-16(20-5-4-18-10-13-31-22(18)14-20)29-11-8-19(9-12-29)23(30)28-15-17-2-6-21(7-3-17)24(25,26)27/h2-7,14,16,19H,8-13,15H2,1H3,(H,28,30). The zero-order chi connectivity index (χ0) is 22.0. The zero-order valence-corrected chi connectivity index (χ0v) is 17.5. The second-order valence-corrected chi connectivity index (χ2v) is 8.36. The number of rotatable bonds is 5. The molecular formula is C24H27F3N2O2. The third kappa shape index (κ3) is 5.03. The van der Waals surface area contributed by atoms with E-state index in [1.807, 2.05) is 0 Å². The number of piperidine rings is 1. The number of halogens is 3. The molecule has 0 aromatic heterocycles. The number of carbonyl (C=O) groups excluding carboxylic acids is 1. The average Bonchev–Trinajstić information content (AvgIpc) is 3.24. The number of amides is 1. The van der Waals surface area contributed by atoms with Crippen molar-refractivity contribution in [1.82, 2.24) is 10.2 Å². The van der Waals surface area contributed by atoms with Crippen LogP contribution >= 0.6 is 0 Å². The van der Waals surface area contributed by atoms with E-state index in [-0.39, 0.29) is 24.4 Å². The summed E-state index contributed by atoms with van der Waals surface area (Å²) in [5, 5.41) is 2.88. The van der Waals surface area contributed by atoms with E-state index in [9.17, 15) is 18.0 Å². The summed E-state index contributed by atoms with van der Waals surface area (Å²) >= 11 is 0. The molecule has 0 spiro atoms. The first-order valence-corrected chi connectivity index (χ1v) is 10.7. The number of nitrogens with zero attached hydrogens (tertiary/aromatic N) is 1. The first-order valence-electron chi connectivity index (χ1n) is 10.7. The fourth-order valence-corrected chi connectivity index (χ4v) is 4.35. The molecule has 1 amide bonds. The van der Waals surface area contributed by atoms with E-state index in [0.717, 1.165) is 56.8 Å². The molecule has 7 heteroatoms. The molecule has 0 aliphatic carbocycles. The summed E-state index contributed by atoms with van der Waals surface area (Å²) in [5.74, 6) is 0.890. The zero-order valence-electron chi connectivity index (χ0n) is 17.5. The van der Waals surface area contributed by atoms with Gasteiger partial charge < -0.3 is 10.1 Å². The van der Waals surface area contributed by atoms with Crippen LogP contribution in [0.15, 0.2) is 42.5 Å². The number of benzene rings is 2. The number of alkyl halides is 3. The molecule has 1 unspecified atom stereocenters. The van der Waals surface area contributed by atoms with Gasteiger partial charge in [0.05, 0.1) is 12.2 Å². The van der Waals surface area contributed by atoms with Gasteiger partial charge in [0.25, 0.3) is 0 Å². The van der Waals surface area contributed by atoms with Crippen molar-refractivity contribution in [3.63, 3.8) is 0 Å². The van der Waals surface area contributed by atoms with E-state index in [2.05, 4.69) is 35.3 Å². The fraction of sp³-hybridized carbons (Fsp3) is 0.458. The molecule has 1 saturated heterocycles. The third-order valence-electron chi connectivity index (χ3n) is 6.40. The number of nitrogens with one attached hydrogen (secondary N) is 1. The molecule has 0 radical (unpaired) electrons. The summed E-state index contributed by atoms with van der Waals surface area (Å²) in [7, 11) is 0. The molecule has 1 N–H and O–H groups in total. The summed E-state index contributed by atoms with van der Waals surface area (Å²) in [5.41, 5.74) is 2.47. The molecule has 166 valence electrons. The van der Waals surface area contributed by atoms with Crippen LogP contribution in [0.2, 0.25) is 0 Å². The Kier molecular flexibility index (Phi) is 6.23. The molecule has 4 nitrogen and oxygen atoms in total. The normalized spacial score (nSPS) is 18.3. The Balaban J connectivity index is 1.26. The van der Waals surface area contributed by atoms with E-state index in [4.69, 9.17) is 4.74 Å². The van der Waals surface area contributed by atoms with E-state index >= 15 is 0 Å². The average molecular weight is 432 g/mol. The molecular weight excluding hydrogens is 405 g/mol. The summed E-state index contributed by atoms with van der Waals surface area (Å²) in [6.45, 7) is 4.83. The van der Waals surface area contributed by atoms with E-state index in [1.165, 1.54) is 23.3 Å². The predicted octanol–water partition coefficient (Wildman–Crippen LogP) is 4.73. The maximum Gasteiger partial charge on any atom is 0.416 e. The van der Waals surface area contributed by atoms with Gasteiger partial charge in [-0.05, 0) is 67.7 Å². The van der Waals surface area contributed by atoms with Gasteiger partial charge in [0.1, 0.15) is 5.75 Å². The lowest BCUT2D eigenvalue weighted by molar-refractivity contribution is -0.137. The van der Waals surface area contributed by atoms with Gasteiger partial charge in [-0.25, -0.2) is 0 Å². The van der Waals surface area contributed by atoms with Crippen molar-refractivity contribution in [3.8, 4) is 5.75 Å². The predicted molar refractivity (Wildman–Crippen MR) is 112 cm³/mol. The second kappa shape index (κ2) is 8.91. The Morgan fingerprint density at radius 3 is 2.55 bits per heavy atom. The van der Waals surface area contributed by atoms with Gasteiger partial charge in [-0.3, -0.25) is 9.69 Å². The number of ether oxygens (including phenoxy) is 1. The highest BCUT2D eigenvalue weighted by Crippen LogP contribution is 2.32. The van der Waals surface area contributed by atoms with Gasteiger partial charge in [0, 0.05) is 24.9 Å². The van der Waals surface area contributed by atoms with Crippen LogP contribution in [0.4, 0.5) is 13.2 Å². The van der Waals surface area contributed by atoms with E-state index < -0.39 is 11.7 Å². The smallest absolute Gasteiger partial charge is 0.416 e. The minimum absolute atomic E-state index is 0.0295. The summed E-state index contributed by atoms with van der Waals surface area (Å²) in [4.78, 5) is 14.9. The molecule has 2 aromatic rings. The van der Waals surface area contributed by atoms with Crippen molar-refractivity contribution in [1.29, 1.82) is 0 Å². The van der Waals surface area contributed by atoms with Gasteiger partial charge in [0.15, 0.2) is 0 Å². The monoisotopic (exact) mass is 432 g/mol. The molecule has 31 heavy (non-hydrogen) atoms. The van der Waals surface area contributed by atoms with Gasteiger partial charge >= 0.3 is 6.18 Å². The Bertz CT molecular complexity index is 919. The van der Waals surface area contributed by atoms with Crippen LogP contribution in [-0.4, -0.2) is 30.5 Å². The highest BCUT2D eigenvalue weighted by Gasteiger charge is 2.30. The fourth-order valence-electron chi connectivity index (χ4n) is 4.35. The number of fused-ring (bicyclic) bond motifs is 1. The number of likely N-dealkylation sites (tertiary alicyclic amines) is 1. The van der Waals surface area contributed by atoms with Crippen LogP contribution in [0.25, 0.3) is 0 Å². The Labute approximate surface area is 180 Å². The minimum Gasteiger partial charge on any atom is -0.493 e.